The third-order valence-corrected chi connectivity index (χ3v) is 6.15. The zero-order valence-electron chi connectivity index (χ0n) is 16.9. The molecule has 0 radical (unpaired) electrons. The minimum atomic E-state index is -0.563. The molecular weight excluding hydrogens is 343 g/mol. The van der Waals surface area contributed by atoms with E-state index in [0.29, 0.717) is 17.2 Å². The lowest BCUT2D eigenvalue weighted by Gasteiger charge is -2.38. The Bertz CT molecular complexity index is 620. The smallest absolute Gasteiger partial charge is 0.269 e. The number of hydrogen-bond donors (Lipinski definition) is 1. The van der Waals surface area contributed by atoms with Gasteiger partial charge in [-0.1, -0.05) is 20.8 Å². The zero-order chi connectivity index (χ0) is 19.4. The van der Waals surface area contributed by atoms with Gasteiger partial charge in [0.15, 0.2) is 0 Å². The van der Waals surface area contributed by atoms with Gasteiger partial charge in [0.05, 0.1) is 11.9 Å². The van der Waals surface area contributed by atoms with Gasteiger partial charge in [0.1, 0.15) is 12.4 Å². The molecule has 3 heterocycles. The molecule has 1 unspecified atom stereocenters. The lowest BCUT2D eigenvalue weighted by atomic mass is 9.80. The van der Waals surface area contributed by atoms with Gasteiger partial charge in [-0.2, -0.15) is 0 Å². The molecule has 1 aromatic rings. The number of rotatable bonds is 5. The van der Waals surface area contributed by atoms with Crippen molar-refractivity contribution >= 4 is 11.6 Å². The molecule has 27 heavy (non-hydrogen) atoms. The molecule has 3 rings (SSSR count). The normalized spacial score (nSPS) is 22.2. The fourth-order valence-corrected chi connectivity index (χ4v) is 4.27. The average molecular weight is 377 g/mol. The Kier molecular flexibility index (Phi) is 6.35. The van der Waals surface area contributed by atoms with Gasteiger partial charge in [0, 0.05) is 32.2 Å². The van der Waals surface area contributed by atoms with Gasteiger partial charge in [-0.25, -0.2) is 9.37 Å². The van der Waals surface area contributed by atoms with Crippen LogP contribution in [-0.2, 0) is 0 Å². The molecule has 2 aliphatic heterocycles. The van der Waals surface area contributed by atoms with Crippen molar-refractivity contribution in [3.05, 3.63) is 24.0 Å². The van der Waals surface area contributed by atoms with Crippen molar-refractivity contribution in [3.63, 3.8) is 0 Å². The number of hydrogen-bond acceptors (Lipinski definition) is 4. The maximum absolute atomic E-state index is 12.2. The first-order valence-electron chi connectivity index (χ1n) is 10.2. The summed E-state index contributed by atoms with van der Waals surface area (Å²) in [5.74, 6) is 0.483. The van der Waals surface area contributed by atoms with Gasteiger partial charge in [-0.15, -0.1) is 0 Å². The lowest BCUT2D eigenvalue weighted by Crippen LogP contribution is -2.44. The summed E-state index contributed by atoms with van der Waals surface area (Å²) in [4.78, 5) is 21.1. The molecule has 5 nitrogen and oxygen atoms in total. The molecule has 1 N–H and O–H groups in total. The number of halogens is 1. The van der Waals surface area contributed by atoms with Crippen molar-refractivity contribution in [2.75, 3.05) is 44.3 Å². The Hall–Kier alpha value is -1.69. The predicted molar refractivity (Wildman–Crippen MR) is 107 cm³/mol. The van der Waals surface area contributed by atoms with E-state index in [9.17, 15) is 9.18 Å². The van der Waals surface area contributed by atoms with Crippen LogP contribution in [0.5, 0.6) is 0 Å². The number of nitrogens with one attached hydrogen (secondary N) is 1. The molecule has 6 heteroatoms. The third kappa shape index (κ3) is 4.98. The molecule has 0 bridgehead atoms. The van der Waals surface area contributed by atoms with E-state index in [1.165, 1.54) is 32.4 Å². The number of pyridine rings is 1. The highest BCUT2D eigenvalue weighted by Crippen LogP contribution is 2.35. The van der Waals surface area contributed by atoms with Crippen LogP contribution in [0.2, 0.25) is 0 Å². The molecule has 1 atom stereocenters. The zero-order valence-corrected chi connectivity index (χ0v) is 16.9. The summed E-state index contributed by atoms with van der Waals surface area (Å²) in [6, 6.07) is 4.36. The second-order valence-corrected chi connectivity index (χ2v) is 8.91. The lowest BCUT2D eigenvalue weighted by molar-refractivity contribution is 0.0946. The molecule has 2 fully saturated rings. The summed E-state index contributed by atoms with van der Waals surface area (Å²) in [6.07, 6.45) is 5.43. The van der Waals surface area contributed by atoms with E-state index in [1.54, 1.807) is 12.3 Å². The summed E-state index contributed by atoms with van der Waals surface area (Å²) in [7, 11) is 0. The molecule has 1 amide bonds. The van der Waals surface area contributed by atoms with E-state index in [0.717, 1.165) is 24.7 Å². The minimum Gasteiger partial charge on any atom is -0.370 e. The highest BCUT2D eigenvalue weighted by molar-refractivity contribution is 5.92. The first-order valence-corrected chi connectivity index (χ1v) is 10.2. The molecule has 0 saturated carbocycles. The molecule has 150 valence electrons. The average Bonchev–Trinajstić information content (AvgIpc) is 3.17. The Labute approximate surface area is 162 Å². The van der Waals surface area contributed by atoms with Crippen molar-refractivity contribution in [2.24, 2.45) is 11.3 Å². The topological polar surface area (TPSA) is 48.5 Å². The Morgan fingerprint density at radius 3 is 2.52 bits per heavy atom. The number of amides is 1. The fraction of sp³-hybridized carbons (Fsp3) is 0.714. The van der Waals surface area contributed by atoms with Crippen molar-refractivity contribution < 1.29 is 9.18 Å². The van der Waals surface area contributed by atoms with Crippen molar-refractivity contribution in [2.45, 2.75) is 46.1 Å². The second-order valence-electron chi connectivity index (χ2n) is 8.91. The number of likely N-dealkylation sites (tertiary alicyclic amines) is 1. The SMILES string of the molecule is CC(C)(C)C1CCN(C2CCN(c3ccc(C(=O)NCCF)nc3)CC2)C1. The highest BCUT2D eigenvalue weighted by atomic mass is 19.1. The summed E-state index contributed by atoms with van der Waals surface area (Å²) in [6.45, 7) is 11.1. The second kappa shape index (κ2) is 8.55. The maximum atomic E-state index is 12.2. The van der Waals surface area contributed by atoms with Crippen LogP contribution in [0.15, 0.2) is 18.3 Å². The number of carbonyl (C=O) groups is 1. The number of carbonyl (C=O) groups excluding carboxylic acids is 1. The van der Waals surface area contributed by atoms with Gasteiger partial charge >= 0.3 is 0 Å². The van der Waals surface area contributed by atoms with Crippen LogP contribution in [0.4, 0.5) is 10.1 Å². The van der Waals surface area contributed by atoms with Crippen molar-refractivity contribution in [1.29, 1.82) is 0 Å². The molecule has 0 spiro atoms. The van der Waals surface area contributed by atoms with E-state index < -0.39 is 6.67 Å². The summed E-state index contributed by atoms with van der Waals surface area (Å²) < 4.78 is 12.2. The van der Waals surface area contributed by atoms with E-state index in [2.05, 4.69) is 40.9 Å². The summed E-state index contributed by atoms with van der Waals surface area (Å²) in [5.41, 5.74) is 1.80. The minimum absolute atomic E-state index is 0.0301. The number of aromatic nitrogens is 1. The van der Waals surface area contributed by atoms with Gasteiger partial charge in [0.2, 0.25) is 0 Å². The molecule has 1 aromatic heterocycles. The van der Waals surface area contributed by atoms with Gasteiger partial charge in [-0.05, 0) is 49.3 Å². The molecule has 0 aromatic carbocycles. The molecule has 2 aliphatic rings. The van der Waals surface area contributed by atoms with Gasteiger partial charge in [0.25, 0.3) is 5.91 Å². The standard InChI is InChI=1S/C21H33FN4O/c1-21(2,3)16-6-11-26(15-16)17-7-12-25(13-8-17)18-4-5-19(24-14-18)20(27)23-10-9-22/h4-5,14,16-17H,6-13,15H2,1-3H3,(H,23,27). The van der Waals surface area contributed by atoms with E-state index >= 15 is 0 Å². The van der Waals surface area contributed by atoms with E-state index in [4.69, 9.17) is 0 Å². The highest BCUT2D eigenvalue weighted by Gasteiger charge is 2.35. The van der Waals surface area contributed by atoms with Gasteiger partial charge < -0.3 is 10.2 Å². The van der Waals surface area contributed by atoms with Crippen LogP contribution in [-0.4, -0.2) is 61.2 Å². The summed E-state index contributed by atoms with van der Waals surface area (Å²) in [5, 5.41) is 2.50. The largest absolute Gasteiger partial charge is 0.370 e. The fourth-order valence-electron chi connectivity index (χ4n) is 4.27. The first kappa shape index (κ1) is 20.1. The maximum Gasteiger partial charge on any atom is 0.269 e. The van der Waals surface area contributed by atoms with Gasteiger partial charge in [-0.3, -0.25) is 9.69 Å². The van der Waals surface area contributed by atoms with Crippen LogP contribution in [0.1, 0.15) is 50.5 Å². The van der Waals surface area contributed by atoms with Crippen molar-refractivity contribution in [3.8, 4) is 0 Å². The first-order chi connectivity index (χ1) is 12.9. The quantitative estimate of drug-likeness (QED) is 0.858. The van der Waals surface area contributed by atoms with Crippen LogP contribution in [0.25, 0.3) is 0 Å². The Morgan fingerprint density at radius 2 is 1.96 bits per heavy atom. The number of anilines is 1. The molecule has 0 aliphatic carbocycles. The molecule has 2 saturated heterocycles. The summed E-state index contributed by atoms with van der Waals surface area (Å²) >= 11 is 0. The molecular formula is C21H33FN4O. The van der Waals surface area contributed by atoms with Crippen LogP contribution < -0.4 is 10.2 Å². The number of alkyl halides is 1. The van der Waals surface area contributed by atoms with E-state index in [1.807, 2.05) is 6.07 Å². The monoisotopic (exact) mass is 376 g/mol. The third-order valence-electron chi connectivity index (χ3n) is 6.15. The Morgan fingerprint density at radius 1 is 1.22 bits per heavy atom. The predicted octanol–water partition coefficient (Wildman–Crippen LogP) is 3.12. The van der Waals surface area contributed by atoms with Crippen LogP contribution >= 0.6 is 0 Å². The number of nitrogens with zero attached hydrogens (tertiary/aromatic N) is 3. The number of piperidine rings is 1. The van der Waals surface area contributed by atoms with Crippen LogP contribution in [0.3, 0.4) is 0 Å². The Balaban J connectivity index is 1.50. The van der Waals surface area contributed by atoms with E-state index in [-0.39, 0.29) is 12.5 Å². The van der Waals surface area contributed by atoms with Crippen molar-refractivity contribution in [1.82, 2.24) is 15.2 Å². The van der Waals surface area contributed by atoms with Crippen LogP contribution in [0, 0.1) is 11.3 Å².